The zero-order chi connectivity index (χ0) is 18.5. The van der Waals surface area contributed by atoms with Crippen molar-refractivity contribution in [1.82, 2.24) is 9.97 Å². The Bertz CT molecular complexity index is 1050. The second kappa shape index (κ2) is 5.62. The Morgan fingerprint density at radius 2 is 2.12 bits per heavy atom. The summed E-state index contributed by atoms with van der Waals surface area (Å²) in [5, 5.41) is 0. The second-order valence-electron chi connectivity index (χ2n) is 6.13. The van der Waals surface area contributed by atoms with Gasteiger partial charge in [0.1, 0.15) is 22.8 Å². The van der Waals surface area contributed by atoms with Gasteiger partial charge in [0.15, 0.2) is 5.58 Å². The molecule has 26 heavy (non-hydrogen) atoms. The van der Waals surface area contributed by atoms with Crippen molar-refractivity contribution >= 4 is 23.0 Å². The molecule has 2 N–H and O–H groups in total. The van der Waals surface area contributed by atoms with E-state index in [1.807, 2.05) is 0 Å². The summed E-state index contributed by atoms with van der Waals surface area (Å²) in [7, 11) is 1.27. The summed E-state index contributed by atoms with van der Waals surface area (Å²) < 4.78 is 24.1. The normalized spacial score (nSPS) is 21.5. The molecule has 0 saturated heterocycles. The van der Waals surface area contributed by atoms with E-state index in [0.717, 1.165) is 0 Å². The maximum Gasteiger partial charge on any atom is 0.356 e. The Morgan fingerprint density at radius 1 is 1.35 bits per heavy atom. The van der Waals surface area contributed by atoms with Crippen LogP contribution in [0.1, 0.15) is 22.5 Å². The number of esters is 1. The highest BCUT2D eigenvalue weighted by Crippen LogP contribution is 2.51. The van der Waals surface area contributed by atoms with Crippen LogP contribution in [-0.4, -0.2) is 35.1 Å². The highest BCUT2D eigenvalue weighted by Gasteiger charge is 2.61. The number of nitrogens with two attached hydrogens (primary N) is 1. The number of hydrogen-bond acceptors (Lipinski definition) is 6. The number of oxazole rings is 1. The third kappa shape index (κ3) is 2.33. The quantitative estimate of drug-likeness (QED) is 0.718. The monoisotopic (exact) mass is 355 g/mol. The molecule has 1 fully saturated rings. The van der Waals surface area contributed by atoms with E-state index >= 15 is 0 Å². The molecule has 1 saturated carbocycles. The first-order valence-electron chi connectivity index (χ1n) is 7.85. The highest BCUT2D eigenvalue weighted by molar-refractivity contribution is 5.93. The van der Waals surface area contributed by atoms with Gasteiger partial charge < -0.3 is 14.9 Å². The lowest BCUT2D eigenvalue weighted by molar-refractivity contribution is -0.120. The Labute approximate surface area is 147 Å². The number of ether oxygens (including phenoxy) is 1. The molecule has 1 aliphatic rings. The van der Waals surface area contributed by atoms with E-state index in [1.165, 1.54) is 19.4 Å². The molecule has 7 nitrogen and oxygen atoms in total. The number of carbonyl (C=O) groups excluding carboxylic acids is 2. The van der Waals surface area contributed by atoms with Crippen molar-refractivity contribution in [2.24, 2.45) is 5.73 Å². The van der Waals surface area contributed by atoms with Gasteiger partial charge in [-0.25, -0.2) is 19.2 Å². The molecule has 4 rings (SSSR count). The van der Waals surface area contributed by atoms with Gasteiger partial charge in [0.05, 0.1) is 7.11 Å². The lowest BCUT2D eigenvalue weighted by atomic mass is 9.95. The molecule has 1 amide bonds. The average Bonchev–Trinajstić information content (AvgIpc) is 3.16. The van der Waals surface area contributed by atoms with Gasteiger partial charge in [0.2, 0.25) is 11.8 Å². The van der Waals surface area contributed by atoms with Crippen molar-refractivity contribution in [2.75, 3.05) is 7.11 Å². The SMILES string of the molecule is COC(=O)c1cc(-c2nc3cc([C@]4(C(N)=O)C[C@@H]4F)ccc3o2)ccn1. The molecule has 0 bridgehead atoms. The number of amides is 1. The van der Waals surface area contributed by atoms with Crippen LogP contribution < -0.4 is 5.73 Å². The number of nitrogens with zero attached hydrogens (tertiary/aromatic N) is 2. The number of alkyl halides is 1. The van der Waals surface area contributed by atoms with Crippen molar-refractivity contribution in [2.45, 2.75) is 18.0 Å². The van der Waals surface area contributed by atoms with Crippen LogP contribution in [0, 0.1) is 0 Å². The molecule has 1 aromatic carbocycles. The number of carbonyl (C=O) groups is 2. The molecular formula is C18H14FN3O4. The summed E-state index contributed by atoms with van der Waals surface area (Å²) in [6, 6.07) is 7.99. The molecule has 2 atom stereocenters. The lowest BCUT2D eigenvalue weighted by Gasteiger charge is -2.10. The number of methoxy groups -OCH3 is 1. The van der Waals surface area contributed by atoms with Gasteiger partial charge in [-0.15, -0.1) is 0 Å². The minimum atomic E-state index is -1.29. The smallest absolute Gasteiger partial charge is 0.356 e. The third-order valence-electron chi connectivity index (χ3n) is 4.62. The molecule has 0 unspecified atom stereocenters. The van der Waals surface area contributed by atoms with Crippen LogP contribution in [-0.2, 0) is 14.9 Å². The molecular weight excluding hydrogens is 341 g/mol. The van der Waals surface area contributed by atoms with Gasteiger partial charge in [-0.2, -0.15) is 0 Å². The van der Waals surface area contributed by atoms with Crippen molar-refractivity contribution < 1.29 is 23.1 Å². The first kappa shape index (κ1) is 16.2. The van der Waals surface area contributed by atoms with Gasteiger partial charge in [0, 0.05) is 18.2 Å². The van der Waals surface area contributed by atoms with E-state index in [9.17, 15) is 14.0 Å². The first-order chi connectivity index (χ1) is 12.5. The van der Waals surface area contributed by atoms with E-state index in [2.05, 4.69) is 14.7 Å². The van der Waals surface area contributed by atoms with E-state index in [4.69, 9.17) is 10.2 Å². The molecule has 3 aromatic rings. The summed E-state index contributed by atoms with van der Waals surface area (Å²) in [6.07, 6.45) is 0.236. The molecule has 8 heteroatoms. The molecule has 2 aromatic heterocycles. The Kier molecular flexibility index (Phi) is 3.50. The first-order valence-corrected chi connectivity index (χ1v) is 7.85. The zero-order valence-electron chi connectivity index (χ0n) is 13.7. The van der Waals surface area contributed by atoms with Gasteiger partial charge in [0.25, 0.3) is 0 Å². The van der Waals surface area contributed by atoms with Crippen molar-refractivity contribution in [1.29, 1.82) is 0 Å². The Balaban J connectivity index is 1.75. The van der Waals surface area contributed by atoms with Crippen LogP contribution in [0.5, 0.6) is 0 Å². The maximum absolute atomic E-state index is 13.8. The lowest BCUT2D eigenvalue weighted by Crippen LogP contribution is -2.30. The number of benzene rings is 1. The number of hydrogen-bond donors (Lipinski definition) is 1. The molecule has 132 valence electrons. The van der Waals surface area contributed by atoms with Gasteiger partial charge in [-0.1, -0.05) is 6.07 Å². The number of halogens is 1. The number of rotatable bonds is 4. The summed E-state index contributed by atoms with van der Waals surface area (Å²) in [4.78, 5) is 31.6. The number of fused-ring (bicyclic) bond motifs is 1. The van der Waals surface area contributed by atoms with E-state index < -0.39 is 23.5 Å². The predicted molar refractivity (Wildman–Crippen MR) is 89.0 cm³/mol. The second-order valence-corrected chi connectivity index (χ2v) is 6.13. The summed E-state index contributed by atoms with van der Waals surface area (Å²) in [6.45, 7) is 0. The molecule has 0 spiro atoms. The van der Waals surface area contributed by atoms with E-state index in [0.29, 0.717) is 22.2 Å². The summed E-state index contributed by atoms with van der Waals surface area (Å²) in [5.74, 6) is -0.994. The average molecular weight is 355 g/mol. The topological polar surface area (TPSA) is 108 Å². The van der Waals surface area contributed by atoms with Crippen LogP contribution in [0.3, 0.4) is 0 Å². The molecule has 1 aliphatic carbocycles. The largest absolute Gasteiger partial charge is 0.464 e. The maximum atomic E-state index is 13.8. The van der Waals surface area contributed by atoms with Crippen molar-refractivity contribution in [3.05, 3.63) is 47.8 Å². The molecule has 0 aliphatic heterocycles. The van der Waals surface area contributed by atoms with Crippen molar-refractivity contribution in [3.8, 4) is 11.5 Å². The van der Waals surface area contributed by atoms with Crippen LogP contribution in [0.4, 0.5) is 4.39 Å². The minimum absolute atomic E-state index is 0.0748. The molecule has 0 radical (unpaired) electrons. The van der Waals surface area contributed by atoms with Gasteiger partial charge in [-0.05, 0) is 29.8 Å². The predicted octanol–water partition coefficient (Wildman–Crippen LogP) is 2.14. The Morgan fingerprint density at radius 3 is 2.77 bits per heavy atom. The fourth-order valence-corrected chi connectivity index (χ4v) is 3.03. The van der Waals surface area contributed by atoms with Gasteiger partial charge >= 0.3 is 5.97 Å². The number of pyridine rings is 1. The standard InChI is InChI=1S/C18H14FN3O4/c1-25-16(23)12-6-9(4-5-21-12)15-22-11-7-10(2-3-13(11)26-15)18(17(20)24)8-14(18)19/h2-7,14H,8H2,1H3,(H2,20,24)/t14-,18+/m0/s1. The third-order valence-corrected chi connectivity index (χ3v) is 4.62. The van der Waals surface area contributed by atoms with Crippen LogP contribution in [0.15, 0.2) is 40.9 Å². The van der Waals surface area contributed by atoms with E-state index in [-0.39, 0.29) is 18.0 Å². The van der Waals surface area contributed by atoms with E-state index in [1.54, 1.807) is 24.3 Å². The fraction of sp³-hybridized carbons (Fsp3) is 0.222. The summed E-state index contributed by atoms with van der Waals surface area (Å²) >= 11 is 0. The number of aromatic nitrogens is 2. The van der Waals surface area contributed by atoms with Crippen LogP contribution in [0.25, 0.3) is 22.6 Å². The zero-order valence-corrected chi connectivity index (χ0v) is 13.7. The van der Waals surface area contributed by atoms with Crippen molar-refractivity contribution in [3.63, 3.8) is 0 Å². The molecule has 2 heterocycles. The Hall–Kier alpha value is -3.29. The summed E-state index contributed by atoms with van der Waals surface area (Å²) in [5.41, 5.74) is 6.18. The highest BCUT2D eigenvalue weighted by atomic mass is 19.1. The fourth-order valence-electron chi connectivity index (χ4n) is 3.03. The minimum Gasteiger partial charge on any atom is -0.464 e. The van der Waals surface area contributed by atoms with Crippen LogP contribution in [0.2, 0.25) is 0 Å². The number of primary amides is 1. The van der Waals surface area contributed by atoms with Gasteiger partial charge in [-0.3, -0.25) is 4.79 Å². The van der Waals surface area contributed by atoms with Crippen LogP contribution >= 0.6 is 0 Å².